The maximum absolute atomic E-state index is 8.60. The lowest BCUT2D eigenvalue weighted by Gasteiger charge is -1.87. The summed E-state index contributed by atoms with van der Waals surface area (Å²) >= 11 is 2.10. The maximum Gasteiger partial charge on any atom is 0.117 e. The highest BCUT2D eigenvalue weighted by Crippen LogP contribution is 2.12. The third-order valence-corrected chi connectivity index (χ3v) is 2.50. The molecule has 0 saturated heterocycles. The number of nitrogens with zero attached hydrogens (tertiary/aromatic N) is 3. The van der Waals surface area contributed by atoms with Gasteiger partial charge in [0.15, 0.2) is 0 Å². The Kier molecular flexibility index (Phi) is 1.94. The average molecular weight is 247 g/mol. The number of rotatable bonds is 0. The summed E-state index contributed by atoms with van der Waals surface area (Å²) < 4.78 is 2.60. The predicted molar refractivity (Wildman–Crippen MR) is 45.4 cm³/mol. The molecule has 0 spiro atoms. The fraction of sp³-hybridized carbons (Fsp3) is 0.333. The van der Waals surface area contributed by atoms with Crippen LogP contribution in [0.5, 0.6) is 0 Å². The number of aryl methyl sites for hydroxylation is 2. The Balaban J connectivity index is 3.37. The van der Waals surface area contributed by atoms with Gasteiger partial charge in [-0.05, 0) is 29.5 Å². The molecule has 0 bridgehead atoms. The molecule has 0 aromatic carbocycles. The van der Waals surface area contributed by atoms with Crippen molar-refractivity contribution in [3.8, 4) is 6.07 Å². The monoisotopic (exact) mass is 247 g/mol. The van der Waals surface area contributed by atoms with E-state index in [0.717, 1.165) is 9.39 Å². The van der Waals surface area contributed by atoms with Crippen LogP contribution in [0.1, 0.15) is 11.3 Å². The zero-order chi connectivity index (χ0) is 7.72. The molecule has 4 heteroatoms. The van der Waals surface area contributed by atoms with Crippen molar-refractivity contribution in [3.63, 3.8) is 0 Å². The summed E-state index contributed by atoms with van der Waals surface area (Å²) in [6.07, 6.45) is 0. The van der Waals surface area contributed by atoms with Crippen molar-refractivity contribution in [2.24, 2.45) is 7.05 Å². The second-order valence-electron chi connectivity index (χ2n) is 1.99. The maximum atomic E-state index is 8.60. The Bertz CT molecular complexity index is 295. The predicted octanol–water partition coefficient (Wildman–Crippen LogP) is 1.20. The first-order valence-electron chi connectivity index (χ1n) is 2.76. The van der Waals surface area contributed by atoms with Gasteiger partial charge in [0.1, 0.15) is 15.3 Å². The highest BCUT2D eigenvalue weighted by Gasteiger charge is 2.08. The quantitative estimate of drug-likeness (QED) is 0.646. The van der Waals surface area contributed by atoms with Crippen molar-refractivity contribution in [1.29, 1.82) is 5.26 Å². The van der Waals surface area contributed by atoms with E-state index in [0.29, 0.717) is 5.56 Å². The second-order valence-corrected chi connectivity index (χ2v) is 3.01. The van der Waals surface area contributed by atoms with Gasteiger partial charge >= 0.3 is 0 Å². The molecule has 10 heavy (non-hydrogen) atoms. The second kappa shape index (κ2) is 2.58. The molecule has 0 radical (unpaired) electrons. The van der Waals surface area contributed by atoms with Gasteiger partial charge in [0.25, 0.3) is 0 Å². The molecule has 1 aromatic heterocycles. The number of hydrogen-bond donors (Lipinski definition) is 0. The summed E-state index contributed by atoms with van der Waals surface area (Å²) in [6.45, 7) is 1.83. The largest absolute Gasteiger partial charge is 0.261 e. The molecule has 52 valence electrons. The van der Waals surface area contributed by atoms with Crippen LogP contribution in [0, 0.1) is 22.0 Å². The van der Waals surface area contributed by atoms with Gasteiger partial charge in [-0.1, -0.05) is 0 Å². The lowest BCUT2D eigenvalue weighted by atomic mass is 10.3. The average Bonchev–Trinajstić information content (AvgIpc) is 2.09. The van der Waals surface area contributed by atoms with Gasteiger partial charge in [-0.2, -0.15) is 10.4 Å². The van der Waals surface area contributed by atoms with E-state index in [-0.39, 0.29) is 0 Å². The minimum atomic E-state index is 0.683. The Hall–Kier alpha value is -0.570. The molecule has 0 aliphatic carbocycles. The van der Waals surface area contributed by atoms with Crippen LogP contribution < -0.4 is 0 Å². The van der Waals surface area contributed by atoms with Gasteiger partial charge in [-0.25, -0.2) is 0 Å². The Morgan fingerprint density at radius 3 is 2.50 bits per heavy atom. The topological polar surface area (TPSA) is 41.6 Å². The first-order chi connectivity index (χ1) is 4.66. The van der Waals surface area contributed by atoms with Crippen LogP contribution in [0.15, 0.2) is 0 Å². The molecule has 0 N–H and O–H groups in total. The fourth-order valence-corrected chi connectivity index (χ4v) is 1.38. The zero-order valence-corrected chi connectivity index (χ0v) is 7.88. The van der Waals surface area contributed by atoms with Gasteiger partial charge in [0.2, 0.25) is 0 Å². The lowest BCUT2D eigenvalue weighted by molar-refractivity contribution is 0.738. The van der Waals surface area contributed by atoms with Crippen LogP contribution in [-0.4, -0.2) is 9.78 Å². The summed E-state index contributed by atoms with van der Waals surface area (Å²) in [6, 6.07) is 2.09. The minimum Gasteiger partial charge on any atom is -0.261 e. The van der Waals surface area contributed by atoms with Crippen molar-refractivity contribution in [2.75, 3.05) is 0 Å². The molecule has 1 heterocycles. The molecule has 0 atom stereocenters. The molecule has 1 rings (SSSR count). The molecule has 3 nitrogen and oxygen atoms in total. The van der Waals surface area contributed by atoms with E-state index < -0.39 is 0 Å². The van der Waals surface area contributed by atoms with Crippen LogP contribution in [0.25, 0.3) is 0 Å². The molecular weight excluding hydrogens is 241 g/mol. The van der Waals surface area contributed by atoms with E-state index >= 15 is 0 Å². The fourth-order valence-electron chi connectivity index (χ4n) is 0.757. The first kappa shape index (κ1) is 7.54. The third-order valence-electron chi connectivity index (χ3n) is 1.26. The number of aromatic nitrogens is 2. The van der Waals surface area contributed by atoms with E-state index in [9.17, 15) is 0 Å². The molecule has 0 amide bonds. The van der Waals surface area contributed by atoms with Gasteiger partial charge in [-0.3, -0.25) is 4.68 Å². The normalized spacial score (nSPS) is 9.40. The van der Waals surface area contributed by atoms with E-state index in [4.69, 9.17) is 5.26 Å². The van der Waals surface area contributed by atoms with Crippen LogP contribution in [0.3, 0.4) is 0 Å². The SMILES string of the molecule is Cc1nn(C)c(I)c1C#N. The molecule has 0 aliphatic rings. The van der Waals surface area contributed by atoms with E-state index in [2.05, 4.69) is 33.8 Å². The Morgan fingerprint density at radius 1 is 1.70 bits per heavy atom. The molecule has 0 fully saturated rings. The minimum absolute atomic E-state index is 0.683. The van der Waals surface area contributed by atoms with Crippen LogP contribution in [0.2, 0.25) is 0 Å². The highest BCUT2D eigenvalue weighted by molar-refractivity contribution is 14.1. The first-order valence-corrected chi connectivity index (χ1v) is 3.84. The molecule has 1 aromatic rings. The van der Waals surface area contributed by atoms with Gasteiger partial charge < -0.3 is 0 Å². The summed E-state index contributed by atoms with van der Waals surface area (Å²) in [5.74, 6) is 0. The van der Waals surface area contributed by atoms with Gasteiger partial charge in [-0.15, -0.1) is 0 Å². The Morgan fingerprint density at radius 2 is 2.30 bits per heavy atom. The van der Waals surface area contributed by atoms with Crippen molar-refractivity contribution >= 4 is 22.6 Å². The summed E-state index contributed by atoms with van der Waals surface area (Å²) in [4.78, 5) is 0. The van der Waals surface area contributed by atoms with Crippen molar-refractivity contribution < 1.29 is 0 Å². The van der Waals surface area contributed by atoms with Gasteiger partial charge in [0, 0.05) is 7.05 Å². The standard InChI is InChI=1S/C6H6IN3/c1-4-5(3-8)6(7)10(2)9-4/h1-2H3. The number of nitriles is 1. The lowest BCUT2D eigenvalue weighted by Crippen LogP contribution is -1.92. The van der Waals surface area contributed by atoms with Crippen molar-refractivity contribution in [1.82, 2.24) is 9.78 Å². The van der Waals surface area contributed by atoms with E-state index in [1.807, 2.05) is 14.0 Å². The van der Waals surface area contributed by atoms with Crippen molar-refractivity contribution in [3.05, 3.63) is 15.0 Å². The summed E-state index contributed by atoms with van der Waals surface area (Å²) in [5.41, 5.74) is 1.48. The van der Waals surface area contributed by atoms with Crippen LogP contribution in [0.4, 0.5) is 0 Å². The Labute approximate surface area is 72.8 Å². The molecular formula is C6H6IN3. The zero-order valence-electron chi connectivity index (χ0n) is 5.72. The summed E-state index contributed by atoms with van der Waals surface area (Å²) in [7, 11) is 1.83. The molecule has 0 aliphatic heterocycles. The number of halogens is 1. The molecule has 0 unspecified atom stereocenters. The van der Waals surface area contributed by atoms with Crippen LogP contribution in [-0.2, 0) is 7.05 Å². The van der Waals surface area contributed by atoms with E-state index in [1.165, 1.54) is 0 Å². The van der Waals surface area contributed by atoms with Crippen molar-refractivity contribution in [2.45, 2.75) is 6.92 Å². The smallest absolute Gasteiger partial charge is 0.117 e. The third kappa shape index (κ3) is 1.01. The molecule has 0 saturated carbocycles. The van der Waals surface area contributed by atoms with Crippen LogP contribution >= 0.6 is 22.6 Å². The van der Waals surface area contributed by atoms with Gasteiger partial charge in [0.05, 0.1) is 5.69 Å². The highest BCUT2D eigenvalue weighted by atomic mass is 127. The van der Waals surface area contributed by atoms with E-state index in [1.54, 1.807) is 4.68 Å². The number of hydrogen-bond acceptors (Lipinski definition) is 2. The summed E-state index contributed by atoms with van der Waals surface area (Å²) in [5, 5.41) is 12.7.